The van der Waals surface area contributed by atoms with E-state index in [1.165, 1.54) is 6.07 Å². The van der Waals surface area contributed by atoms with Gasteiger partial charge in [0.2, 0.25) is 0 Å². The maximum Gasteiger partial charge on any atom is 0.190 e. The van der Waals surface area contributed by atoms with Crippen LogP contribution in [0, 0.1) is 11.6 Å². The summed E-state index contributed by atoms with van der Waals surface area (Å²) < 4.78 is 31.1. The molecule has 0 aliphatic rings. The summed E-state index contributed by atoms with van der Waals surface area (Å²) >= 11 is 0. The fraction of sp³-hybridized carbons (Fsp3) is 0.417. The van der Waals surface area contributed by atoms with Crippen LogP contribution in [-0.4, -0.2) is 12.4 Å². The molecule has 0 saturated heterocycles. The Morgan fingerprint density at radius 3 is 2.50 bits per heavy atom. The predicted molar refractivity (Wildman–Crippen MR) is 56.4 cm³/mol. The van der Waals surface area contributed by atoms with Crippen molar-refractivity contribution in [2.45, 2.75) is 26.2 Å². The normalized spacial score (nSPS) is 10.2. The fourth-order valence-corrected chi connectivity index (χ4v) is 1.24. The highest BCUT2D eigenvalue weighted by Gasteiger charge is 2.09. The van der Waals surface area contributed by atoms with Crippen molar-refractivity contribution >= 4 is 5.78 Å². The van der Waals surface area contributed by atoms with E-state index in [4.69, 9.17) is 4.74 Å². The summed E-state index contributed by atoms with van der Waals surface area (Å²) in [7, 11) is 0. The monoisotopic (exact) mass is 228 g/mol. The molecule has 0 saturated carbocycles. The van der Waals surface area contributed by atoms with Crippen LogP contribution in [0.4, 0.5) is 8.78 Å². The molecule has 1 aromatic carbocycles. The Hall–Kier alpha value is -1.45. The van der Waals surface area contributed by atoms with E-state index in [0.717, 1.165) is 12.1 Å². The molecule has 0 fully saturated rings. The van der Waals surface area contributed by atoms with Crippen molar-refractivity contribution < 1.29 is 18.3 Å². The molecule has 0 bridgehead atoms. The molecule has 0 aliphatic carbocycles. The van der Waals surface area contributed by atoms with Crippen LogP contribution in [-0.2, 0) is 4.79 Å². The number of hydrogen-bond donors (Lipinski definition) is 0. The molecule has 4 heteroatoms. The van der Waals surface area contributed by atoms with E-state index in [1.54, 1.807) is 6.92 Å². The van der Waals surface area contributed by atoms with Crippen LogP contribution in [0.25, 0.3) is 0 Å². The number of rotatable bonds is 6. The number of benzene rings is 1. The number of carbonyl (C=O) groups is 1. The average Bonchev–Trinajstić information content (AvgIpc) is 2.27. The number of ketones is 1. The molecule has 0 unspecified atom stereocenters. The number of Topliss-reactive ketones (excluding diaryl/α,β-unsaturated/α-hetero) is 1. The summed E-state index contributed by atoms with van der Waals surface area (Å²) in [5.74, 6) is -1.69. The number of halogens is 2. The first kappa shape index (κ1) is 12.6. The van der Waals surface area contributed by atoms with Gasteiger partial charge in [-0.3, -0.25) is 4.79 Å². The van der Waals surface area contributed by atoms with Gasteiger partial charge < -0.3 is 4.74 Å². The van der Waals surface area contributed by atoms with Gasteiger partial charge in [-0.25, -0.2) is 8.78 Å². The van der Waals surface area contributed by atoms with Crippen molar-refractivity contribution in [1.29, 1.82) is 0 Å². The van der Waals surface area contributed by atoms with E-state index < -0.39 is 11.6 Å². The van der Waals surface area contributed by atoms with E-state index in [-0.39, 0.29) is 18.1 Å². The van der Waals surface area contributed by atoms with Crippen LogP contribution in [0.5, 0.6) is 5.75 Å². The molecule has 0 aliphatic heterocycles. The summed E-state index contributed by atoms with van der Waals surface area (Å²) in [5, 5.41) is 0. The summed E-state index contributed by atoms with van der Waals surface area (Å²) in [6.07, 6.45) is 1.33. The van der Waals surface area contributed by atoms with Gasteiger partial charge in [-0.2, -0.15) is 0 Å². The highest BCUT2D eigenvalue weighted by atomic mass is 19.1. The molecule has 0 aromatic heterocycles. The second kappa shape index (κ2) is 6.20. The van der Waals surface area contributed by atoms with Gasteiger partial charge in [-0.15, -0.1) is 0 Å². The lowest BCUT2D eigenvalue weighted by Crippen LogP contribution is -2.04. The Balaban J connectivity index is 2.40. The third-order valence-corrected chi connectivity index (χ3v) is 2.16. The zero-order valence-electron chi connectivity index (χ0n) is 9.13. The molecule has 88 valence electrons. The van der Waals surface area contributed by atoms with Crippen LogP contribution in [0.3, 0.4) is 0 Å². The minimum absolute atomic E-state index is 0.123. The molecule has 2 nitrogen and oxygen atoms in total. The standard InChI is InChI=1S/C12H14F2O2/c1-2-9(15)5-4-8-16-12-10(13)6-3-7-11(12)14/h3,6-7H,2,4-5,8H2,1H3. The van der Waals surface area contributed by atoms with Gasteiger partial charge in [0.1, 0.15) is 5.78 Å². The van der Waals surface area contributed by atoms with Crippen LogP contribution < -0.4 is 4.74 Å². The van der Waals surface area contributed by atoms with Crippen LogP contribution in [0.2, 0.25) is 0 Å². The minimum atomic E-state index is -0.721. The lowest BCUT2D eigenvalue weighted by molar-refractivity contribution is -0.118. The van der Waals surface area contributed by atoms with Crippen molar-refractivity contribution in [1.82, 2.24) is 0 Å². The first-order valence-corrected chi connectivity index (χ1v) is 5.23. The zero-order chi connectivity index (χ0) is 12.0. The van der Waals surface area contributed by atoms with Crippen LogP contribution in [0.1, 0.15) is 26.2 Å². The van der Waals surface area contributed by atoms with E-state index in [2.05, 4.69) is 0 Å². The number of para-hydroxylation sites is 1. The van der Waals surface area contributed by atoms with Crippen LogP contribution >= 0.6 is 0 Å². The van der Waals surface area contributed by atoms with Gasteiger partial charge in [0.25, 0.3) is 0 Å². The quantitative estimate of drug-likeness (QED) is 0.699. The lowest BCUT2D eigenvalue weighted by Gasteiger charge is -2.07. The first-order chi connectivity index (χ1) is 7.65. The number of hydrogen-bond acceptors (Lipinski definition) is 2. The van der Waals surface area contributed by atoms with Crippen molar-refractivity contribution in [3.05, 3.63) is 29.8 Å². The predicted octanol–water partition coefficient (Wildman–Crippen LogP) is 3.10. The van der Waals surface area contributed by atoms with Gasteiger partial charge in [0, 0.05) is 12.8 Å². The smallest absolute Gasteiger partial charge is 0.190 e. The molecule has 0 atom stereocenters. The highest BCUT2D eigenvalue weighted by Crippen LogP contribution is 2.20. The second-order valence-electron chi connectivity index (χ2n) is 3.40. The van der Waals surface area contributed by atoms with E-state index in [9.17, 15) is 13.6 Å². The number of carbonyl (C=O) groups excluding carboxylic acids is 1. The van der Waals surface area contributed by atoms with E-state index in [0.29, 0.717) is 19.3 Å². The molecule has 0 spiro atoms. The second-order valence-corrected chi connectivity index (χ2v) is 3.40. The van der Waals surface area contributed by atoms with Crippen molar-refractivity contribution in [3.63, 3.8) is 0 Å². The fourth-order valence-electron chi connectivity index (χ4n) is 1.24. The molecular formula is C12H14F2O2. The zero-order valence-corrected chi connectivity index (χ0v) is 9.13. The number of ether oxygens (including phenoxy) is 1. The summed E-state index contributed by atoms with van der Waals surface area (Å²) in [5.41, 5.74) is 0. The Morgan fingerprint density at radius 1 is 1.31 bits per heavy atom. The molecule has 16 heavy (non-hydrogen) atoms. The maximum absolute atomic E-state index is 13.1. The molecule has 1 aromatic rings. The van der Waals surface area contributed by atoms with Gasteiger partial charge in [0.15, 0.2) is 17.4 Å². The Labute approximate surface area is 93.2 Å². The summed E-state index contributed by atoms with van der Waals surface area (Å²) in [6, 6.07) is 3.54. The third kappa shape index (κ3) is 3.61. The van der Waals surface area contributed by atoms with E-state index >= 15 is 0 Å². The van der Waals surface area contributed by atoms with Crippen molar-refractivity contribution in [2.75, 3.05) is 6.61 Å². The van der Waals surface area contributed by atoms with Gasteiger partial charge in [0.05, 0.1) is 6.61 Å². The molecule has 0 N–H and O–H groups in total. The van der Waals surface area contributed by atoms with Gasteiger partial charge >= 0.3 is 0 Å². The summed E-state index contributed by atoms with van der Waals surface area (Å²) in [4.78, 5) is 11.0. The summed E-state index contributed by atoms with van der Waals surface area (Å²) in [6.45, 7) is 1.92. The van der Waals surface area contributed by atoms with Gasteiger partial charge in [-0.1, -0.05) is 13.0 Å². The molecular weight excluding hydrogens is 214 g/mol. The van der Waals surface area contributed by atoms with Crippen LogP contribution in [0.15, 0.2) is 18.2 Å². The Kier molecular flexibility index (Phi) is 4.89. The Morgan fingerprint density at radius 2 is 1.94 bits per heavy atom. The SMILES string of the molecule is CCC(=O)CCCOc1c(F)cccc1F. The van der Waals surface area contributed by atoms with Gasteiger partial charge in [-0.05, 0) is 18.6 Å². The molecule has 1 rings (SSSR count). The molecule has 0 radical (unpaired) electrons. The lowest BCUT2D eigenvalue weighted by atomic mass is 10.2. The van der Waals surface area contributed by atoms with Crippen molar-refractivity contribution in [3.8, 4) is 5.75 Å². The van der Waals surface area contributed by atoms with E-state index in [1.807, 2.05) is 0 Å². The minimum Gasteiger partial charge on any atom is -0.488 e. The molecule has 0 heterocycles. The first-order valence-electron chi connectivity index (χ1n) is 5.23. The van der Waals surface area contributed by atoms with Crippen molar-refractivity contribution in [2.24, 2.45) is 0 Å². The third-order valence-electron chi connectivity index (χ3n) is 2.16. The largest absolute Gasteiger partial charge is 0.488 e. The topological polar surface area (TPSA) is 26.3 Å². The average molecular weight is 228 g/mol. The molecule has 0 amide bonds. The highest BCUT2D eigenvalue weighted by molar-refractivity contribution is 5.77. The Bertz CT molecular complexity index is 344. The maximum atomic E-state index is 13.1.